The molecule has 1 fully saturated rings. The largest absolute Gasteiger partial charge is 0.352 e. The minimum absolute atomic E-state index is 0.470. The Morgan fingerprint density at radius 2 is 2.15 bits per heavy atom. The van der Waals surface area contributed by atoms with E-state index in [2.05, 4.69) is 49.0 Å². The van der Waals surface area contributed by atoms with E-state index in [-0.39, 0.29) is 0 Å². The molecular weight excluding hydrogens is 270 g/mol. The van der Waals surface area contributed by atoms with E-state index in [4.69, 9.17) is 11.6 Å². The van der Waals surface area contributed by atoms with Crippen LogP contribution in [0.1, 0.15) is 46.1 Å². The Labute approximate surface area is 127 Å². The molecule has 112 valence electrons. The molecule has 0 aromatic carbocycles. The van der Waals surface area contributed by atoms with E-state index in [1.54, 1.807) is 0 Å². The third-order valence-electron chi connectivity index (χ3n) is 3.93. The lowest BCUT2D eigenvalue weighted by molar-refractivity contribution is 0.489. The zero-order valence-corrected chi connectivity index (χ0v) is 13.7. The van der Waals surface area contributed by atoms with Gasteiger partial charge in [0.2, 0.25) is 0 Å². The first-order chi connectivity index (χ1) is 9.49. The number of halogens is 1. The van der Waals surface area contributed by atoms with Crippen LogP contribution in [-0.4, -0.2) is 23.6 Å². The van der Waals surface area contributed by atoms with Crippen molar-refractivity contribution in [1.29, 1.82) is 0 Å². The van der Waals surface area contributed by atoms with E-state index in [9.17, 15) is 0 Å². The molecule has 20 heavy (non-hydrogen) atoms. The summed E-state index contributed by atoms with van der Waals surface area (Å²) in [6, 6.07) is 3.09. The molecule has 0 aliphatic carbocycles. The molecule has 2 rings (SSSR count). The Morgan fingerprint density at radius 3 is 2.75 bits per heavy atom. The fraction of sp³-hybridized carbons (Fsp3) is 0.688. The summed E-state index contributed by atoms with van der Waals surface area (Å²) in [7, 11) is 0. The van der Waals surface area contributed by atoms with Crippen molar-refractivity contribution in [2.24, 2.45) is 5.92 Å². The van der Waals surface area contributed by atoms with Crippen LogP contribution in [0.2, 0.25) is 5.02 Å². The topological polar surface area (TPSA) is 28.2 Å². The summed E-state index contributed by atoms with van der Waals surface area (Å²) in [4.78, 5) is 7.01. The van der Waals surface area contributed by atoms with Crippen molar-refractivity contribution in [1.82, 2.24) is 10.3 Å². The molecule has 1 unspecified atom stereocenters. The average molecular weight is 296 g/mol. The number of anilines is 1. The average Bonchev–Trinajstić information content (AvgIpc) is 2.85. The van der Waals surface area contributed by atoms with E-state index in [0.29, 0.717) is 18.0 Å². The molecule has 4 heteroatoms. The normalized spacial score (nSPS) is 19.4. The van der Waals surface area contributed by atoms with Crippen LogP contribution in [0.25, 0.3) is 0 Å². The molecule has 0 radical (unpaired) electrons. The molecule has 1 aromatic heterocycles. The van der Waals surface area contributed by atoms with E-state index >= 15 is 0 Å². The van der Waals surface area contributed by atoms with Crippen LogP contribution < -0.4 is 10.2 Å². The first-order valence-corrected chi connectivity index (χ1v) is 8.01. The molecule has 0 bridgehead atoms. The molecular formula is C16H26ClN3. The van der Waals surface area contributed by atoms with Crippen molar-refractivity contribution < 1.29 is 0 Å². The Balaban J connectivity index is 2.13. The zero-order chi connectivity index (χ0) is 14.7. The molecule has 0 spiro atoms. The monoisotopic (exact) mass is 295 g/mol. The van der Waals surface area contributed by atoms with Crippen molar-refractivity contribution >= 4 is 17.4 Å². The summed E-state index contributed by atoms with van der Waals surface area (Å²) in [5, 5.41) is 4.17. The SMILES string of the molecule is CC(C)NCc1cnc(N2CCCC2C(C)C)c(Cl)c1. The highest BCUT2D eigenvalue weighted by Crippen LogP contribution is 2.33. The van der Waals surface area contributed by atoms with Gasteiger partial charge in [0.25, 0.3) is 0 Å². The number of aromatic nitrogens is 1. The van der Waals surface area contributed by atoms with Crippen molar-refractivity contribution in [2.75, 3.05) is 11.4 Å². The summed E-state index contributed by atoms with van der Waals surface area (Å²) in [6.07, 6.45) is 4.43. The maximum Gasteiger partial charge on any atom is 0.147 e. The smallest absolute Gasteiger partial charge is 0.147 e. The minimum Gasteiger partial charge on any atom is -0.352 e. The van der Waals surface area contributed by atoms with Crippen molar-refractivity contribution in [3.63, 3.8) is 0 Å². The van der Waals surface area contributed by atoms with E-state index < -0.39 is 0 Å². The van der Waals surface area contributed by atoms with E-state index in [0.717, 1.165) is 29.5 Å². The van der Waals surface area contributed by atoms with Crippen LogP contribution in [0.3, 0.4) is 0 Å². The summed E-state index contributed by atoms with van der Waals surface area (Å²) in [6.45, 7) is 10.7. The molecule has 1 aliphatic rings. The lowest BCUT2D eigenvalue weighted by Crippen LogP contribution is -2.34. The highest BCUT2D eigenvalue weighted by Gasteiger charge is 2.29. The van der Waals surface area contributed by atoms with Gasteiger partial charge in [0.1, 0.15) is 5.82 Å². The van der Waals surface area contributed by atoms with Crippen LogP contribution >= 0.6 is 11.6 Å². The van der Waals surface area contributed by atoms with Crippen LogP contribution in [0, 0.1) is 5.92 Å². The van der Waals surface area contributed by atoms with Crippen LogP contribution in [0.15, 0.2) is 12.3 Å². The summed E-state index contributed by atoms with van der Waals surface area (Å²) in [5.41, 5.74) is 1.15. The second kappa shape index (κ2) is 6.77. The fourth-order valence-electron chi connectivity index (χ4n) is 2.85. The molecule has 1 atom stereocenters. The Hall–Kier alpha value is -0.800. The first-order valence-electron chi connectivity index (χ1n) is 7.63. The molecule has 3 nitrogen and oxygen atoms in total. The van der Waals surface area contributed by atoms with Gasteiger partial charge in [-0.2, -0.15) is 0 Å². The van der Waals surface area contributed by atoms with Gasteiger partial charge < -0.3 is 10.2 Å². The van der Waals surface area contributed by atoms with Gasteiger partial charge in [0, 0.05) is 31.4 Å². The molecule has 0 saturated carbocycles. The fourth-order valence-corrected chi connectivity index (χ4v) is 3.15. The van der Waals surface area contributed by atoms with Crippen LogP contribution in [-0.2, 0) is 6.54 Å². The number of nitrogens with zero attached hydrogens (tertiary/aromatic N) is 2. The molecule has 1 saturated heterocycles. The third kappa shape index (κ3) is 3.64. The highest BCUT2D eigenvalue weighted by molar-refractivity contribution is 6.33. The summed E-state index contributed by atoms with van der Waals surface area (Å²) >= 11 is 6.46. The standard InChI is InChI=1S/C16H26ClN3/c1-11(2)15-6-5-7-20(15)16-14(17)8-13(10-19-16)9-18-12(3)4/h8,10-12,15,18H,5-7,9H2,1-4H3. The number of nitrogens with one attached hydrogen (secondary N) is 1. The lowest BCUT2D eigenvalue weighted by atomic mass is 10.0. The van der Waals surface area contributed by atoms with E-state index in [1.165, 1.54) is 12.8 Å². The second-order valence-electron chi connectivity index (χ2n) is 6.33. The molecule has 1 aliphatic heterocycles. The van der Waals surface area contributed by atoms with E-state index in [1.807, 2.05) is 6.20 Å². The number of hydrogen-bond acceptors (Lipinski definition) is 3. The predicted octanol–water partition coefficient (Wildman–Crippen LogP) is 3.86. The van der Waals surface area contributed by atoms with Crippen molar-refractivity contribution in [2.45, 2.75) is 59.2 Å². The van der Waals surface area contributed by atoms with Gasteiger partial charge in [-0.1, -0.05) is 39.3 Å². The first kappa shape index (κ1) is 15.6. The maximum atomic E-state index is 6.46. The molecule has 1 aromatic rings. The summed E-state index contributed by atoms with van der Waals surface area (Å²) in [5.74, 6) is 1.59. The highest BCUT2D eigenvalue weighted by atomic mass is 35.5. The van der Waals surface area contributed by atoms with Gasteiger partial charge in [-0.05, 0) is 30.4 Å². The van der Waals surface area contributed by atoms with Crippen molar-refractivity contribution in [3.05, 3.63) is 22.8 Å². The van der Waals surface area contributed by atoms with Gasteiger partial charge in [0.15, 0.2) is 0 Å². The minimum atomic E-state index is 0.470. The Kier molecular flexibility index (Phi) is 5.28. The van der Waals surface area contributed by atoms with Crippen LogP contribution in [0.5, 0.6) is 0 Å². The Morgan fingerprint density at radius 1 is 1.40 bits per heavy atom. The quantitative estimate of drug-likeness (QED) is 0.894. The number of rotatable bonds is 5. The summed E-state index contributed by atoms with van der Waals surface area (Å²) < 4.78 is 0. The number of hydrogen-bond donors (Lipinski definition) is 1. The molecule has 2 heterocycles. The van der Waals surface area contributed by atoms with Crippen LogP contribution in [0.4, 0.5) is 5.82 Å². The van der Waals surface area contributed by atoms with Gasteiger partial charge in [0.05, 0.1) is 5.02 Å². The Bertz CT molecular complexity index is 445. The second-order valence-corrected chi connectivity index (χ2v) is 6.74. The maximum absolute atomic E-state index is 6.46. The van der Waals surface area contributed by atoms with Gasteiger partial charge in [-0.25, -0.2) is 4.98 Å². The third-order valence-corrected chi connectivity index (χ3v) is 4.21. The van der Waals surface area contributed by atoms with Gasteiger partial charge in [-0.3, -0.25) is 0 Å². The number of pyridine rings is 1. The lowest BCUT2D eigenvalue weighted by Gasteiger charge is -2.29. The molecule has 1 N–H and O–H groups in total. The van der Waals surface area contributed by atoms with Gasteiger partial charge >= 0.3 is 0 Å². The molecule has 0 amide bonds. The van der Waals surface area contributed by atoms with Gasteiger partial charge in [-0.15, -0.1) is 0 Å². The van der Waals surface area contributed by atoms with Crippen molar-refractivity contribution in [3.8, 4) is 0 Å². The zero-order valence-electron chi connectivity index (χ0n) is 13.0. The predicted molar refractivity (Wildman–Crippen MR) is 86.4 cm³/mol.